The number of carbonyl (C=O) groups excluding carboxylic acids is 2. The molecule has 0 aromatic heterocycles. The number of likely N-dealkylation sites (N-methyl/N-ethyl adjacent to an activating group) is 1. The van der Waals surface area contributed by atoms with E-state index in [1.807, 2.05) is 25.9 Å². The summed E-state index contributed by atoms with van der Waals surface area (Å²) in [5.74, 6) is -5.11. The molecule has 308 valence electrons. The van der Waals surface area contributed by atoms with Gasteiger partial charge in [0.1, 0.15) is 29.7 Å². The van der Waals surface area contributed by atoms with Gasteiger partial charge in [-0.1, -0.05) is 27.2 Å². The Morgan fingerprint density at radius 3 is 2.02 bits per heavy atom. The second-order valence-corrected chi connectivity index (χ2v) is 17.7. The van der Waals surface area contributed by atoms with Crippen LogP contribution < -0.4 is 0 Å². The Bertz CT molecular complexity index is 1240. The quantitative estimate of drug-likeness (QED) is 0.237. The highest BCUT2D eigenvalue weighted by atomic mass is 16.7. The Morgan fingerprint density at radius 2 is 1.47 bits per heavy atom. The van der Waals surface area contributed by atoms with Gasteiger partial charge in [0.25, 0.3) is 0 Å². The number of carbonyl (C=O) groups is 2. The van der Waals surface area contributed by atoms with Crippen LogP contribution in [0.3, 0.4) is 0 Å². The van der Waals surface area contributed by atoms with Crippen LogP contribution >= 0.6 is 0 Å². The van der Waals surface area contributed by atoms with Crippen LogP contribution in [-0.2, 0) is 38.0 Å². The Labute approximate surface area is 315 Å². The molecular weight excluding hydrogens is 690 g/mol. The van der Waals surface area contributed by atoms with E-state index >= 15 is 0 Å². The number of nitrogens with zero attached hydrogens (tertiary/aromatic N) is 1. The molecule has 5 N–H and O–H groups in total. The van der Waals surface area contributed by atoms with Gasteiger partial charge >= 0.3 is 5.97 Å². The van der Waals surface area contributed by atoms with Crippen molar-refractivity contribution in [1.29, 1.82) is 0 Å². The van der Waals surface area contributed by atoms with Crippen molar-refractivity contribution < 1.29 is 63.5 Å². The van der Waals surface area contributed by atoms with Gasteiger partial charge in [-0.3, -0.25) is 9.59 Å². The van der Waals surface area contributed by atoms with Crippen LogP contribution in [0.2, 0.25) is 0 Å². The van der Waals surface area contributed by atoms with Crippen LogP contribution in [0, 0.1) is 29.6 Å². The molecule has 0 spiro atoms. The van der Waals surface area contributed by atoms with Gasteiger partial charge in [0.05, 0.1) is 47.6 Å². The van der Waals surface area contributed by atoms with E-state index in [1.165, 1.54) is 27.9 Å². The molecular formula is C39H69NO13. The molecule has 0 unspecified atom stereocenters. The minimum absolute atomic E-state index is 0.101. The van der Waals surface area contributed by atoms with Crippen molar-refractivity contribution in [2.45, 2.75) is 185 Å². The smallest absolute Gasteiger partial charge is 0.311 e. The Kier molecular flexibility index (Phi) is 14.3. The number of hydrogen-bond acceptors (Lipinski definition) is 14. The average Bonchev–Trinajstić information content (AvgIpc) is 3.05. The zero-order valence-corrected chi connectivity index (χ0v) is 33.9. The summed E-state index contributed by atoms with van der Waals surface area (Å²) in [4.78, 5) is 30.2. The molecule has 1 saturated carbocycles. The molecule has 0 aromatic rings. The first-order chi connectivity index (χ1) is 24.5. The maximum atomic E-state index is 14.4. The lowest BCUT2D eigenvalue weighted by Crippen LogP contribution is -2.62. The van der Waals surface area contributed by atoms with Gasteiger partial charge in [-0.2, -0.15) is 0 Å². The molecule has 4 rings (SSSR count). The summed E-state index contributed by atoms with van der Waals surface area (Å²) in [6.45, 7) is 14.8. The predicted octanol–water partition coefficient (Wildman–Crippen LogP) is 2.18. The first kappa shape index (κ1) is 44.4. The zero-order chi connectivity index (χ0) is 40.0. The van der Waals surface area contributed by atoms with E-state index in [0.29, 0.717) is 19.3 Å². The van der Waals surface area contributed by atoms with Crippen LogP contribution in [-0.4, -0.2) is 148 Å². The lowest BCUT2D eigenvalue weighted by Gasteiger charge is -2.49. The summed E-state index contributed by atoms with van der Waals surface area (Å²) in [5, 5.41) is 58.4. The number of aliphatic hydroxyl groups is 5. The second-order valence-electron chi connectivity index (χ2n) is 17.7. The third-order valence-electron chi connectivity index (χ3n) is 12.9. The monoisotopic (exact) mass is 759 g/mol. The highest BCUT2D eigenvalue weighted by Crippen LogP contribution is 2.43. The van der Waals surface area contributed by atoms with E-state index in [1.54, 1.807) is 34.6 Å². The molecule has 0 radical (unpaired) electrons. The molecule has 14 heteroatoms. The van der Waals surface area contributed by atoms with Crippen LogP contribution in [0.1, 0.15) is 101 Å². The Hall–Kier alpha value is -1.30. The summed E-state index contributed by atoms with van der Waals surface area (Å²) < 4.78 is 37.5. The van der Waals surface area contributed by atoms with Crippen molar-refractivity contribution in [3.05, 3.63) is 0 Å². The van der Waals surface area contributed by atoms with Gasteiger partial charge in [0, 0.05) is 37.3 Å². The van der Waals surface area contributed by atoms with Crippen molar-refractivity contribution in [3.63, 3.8) is 0 Å². The molecule has 3 saturated heterocycles. The van der Waals surface area contributed by atoms with Crippen molar-refractivity contribution in [2.75, 3.05) is 21.2 Å². The first-order valence-corrected chi connectivity index (χ1v) is 19.5. The number of rotatable bonds is 7. The molecule has 3 aliphatic heterocycles. The molecule has 0 aromatic carbocycles. The number of ether oxygens (including phenoxy) is 6. The van der Waals surface area contributed by atoms with Crippen LogP contribution in [0.15, 0.2) is 0 Å². The maximum Gasteiger partial charge on any atom is 0.311 e. The number of hydrogen-bond donors (Lipinski definition) is 5. The van der Waals surface area contributed by atoms with Crippen molar-refractivity contribution >= 4 is 11.8 Å². The average molecular weight is 760 g/mol. The minimum atomic E-state index is -1.97. The number of cyclic esters (lactones) is 1. The second kappa shape index (κ2) is 17.1. The van der Waals surface area contributed by atoms with Gasteiger partial charge in [0.2, 0.25) is 0 Å². The molecule has 1 aliphatic carbocycles. The van der Waals surface area contributed by atoms with Crippen molar-refractivity contribution in [2.24, 2.45) is 29.6 Å². The number of methoxy groups -OCH3 is 1. The standard InChI is InChI=1S/C39H69NO13/c1-19-17-37(7,46)33(53-36-29(42)26(40(10)11)16-20(2)49-36)22(4)30(51-27-18-38(8,48-12)32(44)24(6)50-27)23(5)35(45)52-34(25-14-13-15-25)39(9,47)31(43)21(3)28(19)41/h19-27,29-34,36,42-44,46-47H,13-18H2,1-12H3/t19-,20-,21+,22+,23-,24+,26+,27+,29-,30+,31-,32+,33-,34-,36+,37+,38-,39+/m1/s1. The lowest BCUT2D eigenvalue weighted by molar-refractivity contribution is -0.318. The van der Waals surface area contributed by atoms with Crippen molar-refractivity contribution in [3.8, 4) is 0 Å². The highest BCUT2D eigenvalue weighted by Gasteiger charge is 2.55. The molecule has 3 heterocycles. The summed E-state index contributed by atoms with van der Waals surface area (Å²) in [6, 6.07) is -0.321. The van der Waals surface area contributed by atoms with Gasteiger partial charge in [-0.15, -0.1) is 0 Å². The Balaban J connectivity index is 1.83. The third-order valence-corrected chi connectivity index (χ3v) is 12.9. The Morgan fingerprint density at radius 1 is 0.849 bits per heavy atom. The molecule has 53 heavy (non-hydrogen) atoms. The van der Waals surface area contributed by atoms with E-state index in [-0.39, 0.29) is 30.9 Å². The maximum absolute atomic E-state index is 14.4. The lowest BCUT2D eigenvalue weighted by atomic mass is 9.69. The number of esters is 1. The van der Waals surface area contributed by atoms with Gasteiger partial charge in [-0.25, -0.2) is 0 Å². The fourth-order valence-electron chi connectivity index (χ4n) is 9.19. The predicted molar refractivity (Wildman–Crippen MR) is 193 cm³/mol. The van der Waals surface area contributed by atoms with E-state index in [2.05, 4.69) is 0 Å². The summed E-state index contributed by atoms with van der Waals surface area (Å²) in [5.41, 5.74) is -4.81. The topological polar surface area (TPSA) is 194 Å². The van der Waals surface area contributed by atoms with Gasteiger partial charge in [0.15, 0.2) is 12.6 Å². The normalized spacial score (nSPS) is 50.0. The largest absolute Gasteiger partial charge is 0.459 e. The van der Waals surface area contributed by atoms with Crippen LogP contribution in [0.5, 0.6) is 0 Å². The third kappa shape index (κ3) is 9.30. The van der Waals surface area contributed by atoms with E-state index in [0.717, 1.165) is 6.42 Å². The summed E-state index contributed by atoms with van der Waals surface area (Å²) in [6.07, 6.45) is -7.49. The van der Waals surface area contributed by atoms with Gasteiger partial charge in [-0.05, 0) is 87.2 Å². The molecule has 18 atom stereocenters. The fourth-order valence-corrected chi connectivity index (χ4v) is 9.19. The van der Waals surface area contributed by atoms with E-state index < -0.39 is 108 Å². The first-order valence-electron chi connectivity index (χ1n) is 19.5. The van der Waals surface area contributed by atoms with E-state index in [9.17, 15) is 35.1 Å². The zero-order valence-electron chi connectivity index (χ0n) is 33.9. The highest BCUT2D eigenvalue weighted by molar-refractivity contribution is 5.83. The fraction of sp³-hybridized carbons (Fsp3) is 0.949. The summed E-state index contributed by atoms with van der Waals surface area (Å²) in [7, 11) is 5.20. The molecule has 14 nitrogen and oxygen atoms in total. The van der Waals surface area contributed by atoms with E-state index in [4.69, 9.17) is 28.4 Å². The number of Topliss-reactive ketones (excluding diaryl/α,β-unsaturated/α-hetero) is 1. The number of ketones is 1. The van der Waals surface area contributed by atoms with Crippen LogP contribution in [0.25, 0.3) is 0 Å². The molecule has 0 bridgehead atoms. The van der Waals surface area contributed by atoms with Crippen molar-refractivity contribution in [1.82, 2.24) is 4.90 Å². The van der Waals surface area contributed by atoms with Crippen LogP contribution in [0.4, 0.5) is 0 Å². The molecule has 0 amide bonds. The summed E-state index contributed by atoms with van der Waals surface area (Å²) >= 11 is 0. The van der Waals surface area contributed by atoms with Gasteiger partial charge < -0.3 is 58.9 Å². The molecule has 4 fully saturated rings. The number of aliphatic hydroxyl groups excluding tert-OH is 3. The molecule has 4 aliphatic rings. The minimum Gasteiger partial charge on any atom is -0.459 e. The SMILES string of the molecule is CO[C@]1(C)C[C@H](O[C@H]2[C@H](C)[C@@H](O[C@@H]3O[C@H](C)C[C@H](N(C)C)[C@H]3O)[C@@](C)(O)C[C@@H](C)C(=O)[C@H](C)[C@@H](O)[C@](C)(O)[C@@H](C3CCC3)OC(=O)[C@@H]2C)O[C@@H](C)[C@@H]1O.